The first kappa shape index (κ1) is 14.5. The highest BCUT2D eigenvalue weighted by molar-refractivity contribution is 5.91. The van der Waals surface area contributed by atoms with Gasteiger partial charge in [0.1, 0.15) is 5.82 Å². The van der Waals surface area contributed by atoms with Crippen LogP contribution in [0, 0.1) is 5.82 Å². The van der Waals surface area contributed by atoms with Crippen molar-refractivity contribution in [1.82, 2.24) is 5.32 Å². The first-order chi connectivity index (χ1) is 10.0. The van der Waals surface area contributed by atoms with Gasteiger partial charge in [0.05, 0.1) is 11.0 Å². The van der Waals surface area contributed by atoms with Gasteiger partial charge in [-0.1, -0.05) is 12.1 Å². The van der Waals surface area contributed by atoms with Crippen LogP contribution in [0.5, 0.6) is 0 Å². The maximum Gasteiger partial charge on any atom is 0.230 e. The number of rotatable bonds is 4. The minimum Gasteiger partial charge on any atom is -0.388 e. The molecule has 0 atom stereocenters. The van der Waals surface area contributed by atoms with Gasteiger partial charge in [-0.25, -0.2) is 4.39 Å². The molecule has 5 heteroatoms. The average molecular weight is 293 g/mol. The third kappa shape index (κ3) is 2.94. The lowest BCUT2D eigenvalue weighted by Gasteiger charge is -2.32. The molecule has 1 amide bonds. The van der Waals surface area contributed by atoms with Gasteiger partial charge in [-0.05, 0) is 30.5 Å². The number of aliphatic hydroxyl groups is 1. The molecular formula is C16H20FNO3. The molecule has 0 aromatic heterocycles. The molecule has 3 rings (SSSR count). The summed E-state index contributed by atoms with van der Waals surface area (Å²) in [6.45, 7) is 1.26. The molecule has 4 nitrogen and oxygen atoms in total. The van der Waals surface area contributed by atoms with Gasteiger partial charge in [-0.3, -0.25) is 4.79 Å². The summed E-state index contributed by atoms with van der Waals surface area (Å²) in [5.41, 5.74) is -0.769. The Hall–Kier alpha value is -1.46. The third-order valence-corrected chi connectivity index (χ3v) is 4.56. The third-order valence-electron chi connectivity index (χ3n) is 4.56. The number of hydrogen-bond donors (Lipinski definition) is 2. The highest BCUT2D eigenvalue weighted by atomic mass is 19.1. The van der Waals surface area contributed by atoms with Crippen LogP contribution in [0.15, 0.2) is 24.3 Å². The second-order valence-corrected chi connectivity index (χ2v) is 6.11. The molecule has 1 heterocycles. The van der Waals surface area contributed by atoms with Crippen molar-refractivity contribution < 1.29 is 19.0 Å². The van der Waals surface area contributed by atoms with Crippen LogP contribution >= 0.6 is 0 Å². The van der Waals surface area contributed by atoms with E-state index in [4.69, 9.17) is 4.74 Å². The van der Waals surface area contributed by atoms with E-state index in [2.05, 4.69) is 5.32 Å². The number of amides is 1. The number of halogens is 1. The Bertz CT molecular complexity index is 536. The summed E-state index contributed by atoms with van der Waals surface area (Å²) in [5.74, 6) is -0.442. The van der Waals surface area contributed by atoms with Crippen molar-refractivity contribution in [2.24, 2.45) is 0 Å². The van der Waals surface area contributed by atoms with E-state index in [9.17, 15) is 14.3 Å². The number of carbonyl (C=O) groups excluding carboxylic acids is 1. The number of benzene rings is 1. The van der Waals surface area contributed by atoms with E-state index in [1.54, 1.807) is 12.1 Å². The Kier molecular flexibility index (Phi) is 3.71. The summed E-state index contributed by atoms with van der Waals surface area (Å²) in [7, 11) is 0. The fourth-order valence-electron chi connectivity index (χ4n) is 2.90. The molecule has 0 bridgehead atoms. The quantitative estimate of drug-likeness (QED) is 0.885. The number of nitrogens with one attached hydrogen (secondary N) is 1. The zero-order chi connectivity index (χ0) is 14.9. The molecule has 2 N–H and O–H groups in total. The summed E-state index contributed by atoms with van der Waals surface area (Å²) in [6, 6.07) is 6.22. The molecule has 0 radical (unpaired) electrons. The van der Waals surface area contributed by atoms with Crippen molar-refractivity contribution in [2.45, 2.75) is 36.7 Å². The zero-order valence-electron chi connectivity index (χ0n) is 11.9. The Morgan fingerprint density at radius 2 is 2.00 bits per heavy atom. The van der Waals surface area contributed by atoms with Crippen LogP contribution in [0.1, 0.15) is 31.2 Å². The molecular weight excluding hydrogens is 273 g/mol. The van der Waals surface area contributed by atoms with Gasteiger partial charge in [0, 0.05) is 32.6 Å². The molecule has 1 saturated heterocycles. The van der Waals surface area contributed by atoms with Gasteiger partial charge in [-0.2, -0.15) is 0 Å². The standard InChI is InChI=1S/C16H20FNO3/c17-13-3-1-2-12(10-13)16(4-5-16)14(19)18-11-15(20)6-8-21-9-7-15/h1-3,10,20H,4-9,11H2,(H,18,19). The van der Waals surface area contributed by atoms with Gasteiger partial charge in [0.15, 0.2) is 0 Å². The summed E-state index contributed by atoms with van der Waals surface area (Å²) >= 11 is 0. The normalized spacial score (nSPS) is 22.6. The van der Waals surface area contributed by atoms with Crippen LogP contribution in [-0.2, 0) is 14.9 Å². The van der Waals surface area contributed by atoms with Crippen molar-refractivity contribution in [1.29, 1.82) is 0 Å². The maximum atomic E-state index is 13.3. The molecule has 1 aromatic carbocycles. The highest BCUT2D eigenvalue weighted by Crippen LogP contribution is 2.48. The second-order valence-electron chi connectivity index (χ2n) is 6.11. The molecule has 0 unspecified atom stereocenters. The number of ether oxygens (including phenoxy) is 1. The van der Waals surface area contributed by atoms with E-state index in [1.807, 2.05) is 0 Å². The fourth-order valence-corrected chi connectivity index (χ4v) is 2.90. The van der Waals surface area contributed by atoms with Crippen LogP contribution in [-0.4, -0.2) is 36.4 Å². The fraction of sp³-hybridized carbons (Fsp3) is 0.562. The van der Waals surface area contributed by atoms with E-state index < -0.39 is 11.0 Å². The highest BCUT2D eigenvalue weighted by Gasteiger charge is 2.51. The molecule has 1 aromatic rings. The second kappa shape index (κ2) is 5.39. The monoisotopic (exact) mass is 293 g/mol. The summed E-state index contributed by atoms with van der Waals surface area (Å²) < 4.78 is 18.6. The van der Waals surface area contributed by atoms with Crippen molar-refractivity contribution in [3.8, 4) is 0 Å². The van der Waals surface area contributed by atoms with E-state index in [-0.39, 0.29) is 18.3 Å². The predicted molar refractivity (Wildman–Crippen MR) is 75.3 cm³/mol. The molecule has 21 heavy (non-hydrogen) atoms. The van der Waals surface area contributed by atoms with Crippen LogP contribution in [0.3, 0.4) is 0 Å². The zero-order valence-corrected chi connectivity index (χ0v) is 11.9. The predicted octanol–water partition coefficient (Wildman–Crippen LogP) is 1.51. The van der Waals surface area contributed by atoms with Gasteiger partial charge < -0.3 is 15.2 Å². The first-order valence-corrected chi connectivity index (χ1v) is 7.39. The van der Waals surface area contributed by atoms with Crippen LogP contribution in [0.2, 0.25) is 0 Å². The molecule has 1 aliphatic carbocycles. The molecule has 1 aliphatic heterocycles. The lowest BCUT2D eigenvalue weighted by atomic mass is 9.92. The molecule has 2 fully saturated rings. The van der Waals surface area contributed by atoms with Crippen molar-refractivity contribution >= 4 is 5.91 Å². The number of carbonyl (C=O) groups is 1. The number of hydrogen-bond acceptors (Lipinski definition) is 3. The van der Waals surface area contributed by atoms with Crippen LogP contribution in [0.25, 0.3) is 0 Å². The van der Waals surface area contributed by atoms with Gasteiger partial charge in [0.25, 0.3) is 0 Å². The Morgan fingerprint density at radius 1 is 1.29 bits per heavy atom. The van der Waals surface area contributed by atoms with Crippen molar-refractivity contribution in [3.63, 3.8) is 0 Å². The van der Waals surface area contributed by atoms with Gasteiger partial charge >= 0.3 is 0 Å². The molecule has 0 spiro atoms. The van der Waals surface area contributed by atoms with E-state index in [1.165, 1.54) is 12.1 Å². The summed E-state index contributed by atoms with van der Waals surface area (Å²) in [6.07, 6.45) is 2.51. The first-order valence-electron chi connectivity index (χ1n) is 7.39. The molecule has 2 aliphatic rings. The minimum absolute atomic E-state index is 0.118. The lowest BCUT2D eigenvalue weighted by molar-refractivity contribution is -0.126. The SMILES string of the molecule is O=C(NCC1(O)CCOCC1)C1(c2cccc(F)c2)CC1. The summed E-state index contributed by atoms with van der Waals surface area (Å²) in [5, 5.41) is 13.2. The van der Waals surface area contributed by atoms with E-state index >= 15 is 0 Å². The van der Waals surface area contributed by atoms with Crippen molar-refractivity contribution in [3.05, 3.63) is 35.6 Å². The van der Waals surface area contributed by atoms with E-state index in [0.29, 0.717) is 26.1 Å². The Morgan fingerprint density at radius 3 is 2.62 bits per heavy atom. The van der Waals surface area contributed by atoms with E-state index in [0.717, 1.165) is 18.4 Å². The smallest absolute Gasteiger partial charge is 0.230 e. The van der Waals surface area contributed by atoms with Crippen LogP contribution < -0.4 is 5.32 Å². The minimum atomic E-state index is -0.883. The molecule has 1 saturated carbocycles. The maximum absolute atomic E-state index is 13.3. The topological polar surface area (TPSA) is 58.6 Å². The molecule has 114 valence electrons. The summed E-state index contributed by atoms with van der Waals surface area (Å²) in [4.78, 5) is 12.4. The van der Waals surface area contributed by atoms with Crippen molar-refractivity contribution in [2.75, 3.05) is 19.8 Å². The largest absolute Gasteiger partial charge is 0.388 e. The average Bonchev–Trinajstić information content (AvgIpc) is 3.27. The Balaban J connectivity index is 1.65. The van der Waals surface area contributed by atoms with Gasteiger partial charge in [-0.15, -0.1) is 0 Å². The van der Waals surface area contributed by atoms with Crippen LogP contribution in [0.4, 0.5) is 4.39 Å². The lowest BCUT2D eigenvalue weighted by Crippen LogP contribution is -2.48. The Labute approximate surface area is 123 Å². The van der Waals surface area contributed by atoms with Gasteiger partial charge in [0.2, 0.25) is 5.91 Å².